The monoisotopic (exact) mass is 306 g/mol. The summed E-state index contributed by atoms with van der Waals surface area (Å²) in [6.45, 7) is 8.72. The lowest BCUT2D eigenvalue weighted by atomic mass is 9.93. The maximum absolute atomic E-state index is 12.0. The number of hydrogen-bond donors (Lipinski definition) is 3. The van der Waals surface area contributed by atoms with Crippen LogP contribution in [0.4, 0.5) is 10.5 Å². The number of carboxylic acids is 1. The second-order valence-electron chi connectivity index (χ2n) is 6.00. The Morgan fingerprint density at radius 2 is 1.64 bits per heavy atom. The van der Waals surface area contributed by atoms with Crippen LogP contribution in [-0.4, -0.2) is 23.7 Å². The van der Waals surface area contributed by atoms with E-state index < -0.39 is 5.97 Å². The maximum atomic E-state index is 12.0. The Balaban J connectivity index is 2.78. The molecule has 1 aromatic carbocycles. The van der Waals surface area contributed by atoms with Crippen molar-refractivity contribution < 1.29 is 14.7 Å². The third kappa shape index (κ3) is 5.39. The molecule has 0 aromatic heterocycles. The van der Waals surface area contributed by atoms with E-state index in [0.717, 1.165) is 16.8 Å². The van der Waals surface area contributed by atoms with Crippen molar-refractivity contribution in [3.05, 3.63) is 29.3 Å². The van der Waals surface area contributed by atoms with Gasteiger partial charge in [0, 0.05) is 18.7 Å². The number of para-hydroxylation sites is 1. The minimum absolute atomic E-state index is 0.0557. The van der Waals surface area contributed by atoms with E-state index in [-0.39, 0.29) is 12.5 Å². The molecule has 0 bridgehead atoms. The van der Waals surface area contributed by atoms with Crippen molar-refractivity contribution in [1.82, 2.24) is 5.32 Å². The Kier molecular flexibility index (Phi) is 6.89. The number of anilines is 1. The zero-order valence-electron chi connectivity index (χ0n) is 13.8. The molecule has 0 radical (unpaired) electrons. The van der Waals surface area contributed by atoms with E-state index in [1.807, 2.05) is 18.2 Å². The van der Waals surface area contributed by atoms with Crippen LogP contribution in [0.1, 0.15) is 63.5 Å². The molecule has 1 aromatic rings. The molecule has 0 fully saturated rings. The second kappa shape index (κ2) is 8.41. The predicted molar refractivity (Wildman–Crippen MR) is 88.5 cm³/mol. The number of carbonyl (C=O) groups is 2. The molecule has 0 atom stereocenters. The van der Waals surface area contributed by atoms with Crippen molar-refractivity contribution in [3.63, 3.8) is 0 Å². The Morgan fingerprint density at radius 1 is 1.09 bits per heavy atom. The molecule has 0 heterocycles. The van der Waals surface area contributed by atoms with Gasteiger partial charge in [-0.2, -0.15) is 0 Å². The zero-order valence-corrected chi connectivity index (χ0v) is 13.8. The van der Waals surface area contributed by atoms with Crippen LogP contribution in [0.5, 0.6) is 0 Å². The van der Waals surface area contributed by atoms with Crippen LogP contribution in [0.2, 0.25) is 0 Å². The van der Waals surface area contributed by atoms with Crippen molar-refractivity contribution >= 4 is 17.7 Å². The van der Waals surface area contributed by atoms with E-state index in [1.165, 1.54) is 0 Å². The van der Waals surface area contributed by atoms with Crippen LogP contribution >= 0.6 is 0 Å². The topological polar surface area (TPSA) is 78.4 Å². The number of amides is 2. The fourth-order valence-corrected chi connectivity index (χ4v) is 2.29. The maximum Gasteiger partial charge on any atom is 0.319 e. The van der Waals surface area contributed by atoms with Gasteiger partial charge in [0.2, 0.25) is 0 Å². The molecule has 0 aliphatic carbocycles. The minimum Gasteiger partial charge on any atom is -0.481 e. The van der Waals surface area contributed by atoms with E-state index in [9.17, 15) is 9.59 Å². The summed E-state index contributed by atoms with van der Waals surface area (Å²) >= 11 is 0. The lowest BCUT2D eigenvalue weighted by Crippen LogP contribution is -2.30. The minimum atomic E-state index is -0.852. The van der Waals surface area contributed by atoms with Crippen LogP contribution in [0, 0.1) is 0 Å². The fraction of sp³-hybridized carbons (Fsp3) is 0.529. The normalized spacial score (nSPS) is 10.8. The van der Waals surface area contributed by atoms with Gasteiger partial charge in [0.15, 0.2) is 0 Å². The molecule has 0 aliphatic heterocycles. The summed E-state index contributed by atoms with van der Waals surface area (Å²) in [6, 6.07) is 5.77. The molecule has 3 N–H and O–H groups in total. The van der Waals surface area contributed by atoms with Gasteiger partial charge in [0.1, 0.15) is 0 Å². The van der Waals surface area contributed by atoms with Crippen LogP contribution in [-0.2, 0) is 4.79 Å². The van der Waals surface area contributed by atoms with Crippen LogP contribution in [0.3, 0.4) is 0 Å². The molecule has 5 heteroatoms. The van der Waals surface area contributed by atoms with Gasteiger partial charge in [-0.1, -0.05) is 45.9 Å². The lowest BCUT2D eigenvalue weighted by Gasteiger charge is -2.20. The Bertz CT molecular complexity index is 498. The third-order valence-electron chi connectivity index (χ3n) is 3.46. The molecule has 0 unspecified atom stereocenters. The fourth-order valence-electron chi connectivity index (χ4n) is 2.29. The van der Waals surface area contributed by atoms with Crippen molar-refractivity contribution in [1.29, 1.82) is 0 Å². The third-order valence-corrected chi connectivity index (χ3v) is 3.46. The van der Waals surface area contributed by atoms with Gasteiger partial charge in [0.25, 0.3) is 0 Å². The van der Waals surface area contributed by atoms with Crippen molar-refractivity contribution in [2.75, 3.05) is 11.9 Å². The summed E-state index contributed by atoms with van der Waals surface area (Å²) in [5.74, 6) is -0.239. The molecular formula is C17H26N2O3. The highest BCUT2D eigenvalue weighted by molar-refractivity contribution is 5.91. The SMILES string of the molecule is CC(C)c1cccc(C(C)C)c1NC(=O)NCCCC(=O)O. The first-order valence-electron chi connectivity index (χ1n) is 7.72. The van der Waals surface area contributed by atoms with Gasteiger partial charge in [-0.25, -0.2) is 4.79 Å². The summed E-state index contributed by atoms with van der Waals surface area (Å²) in [7, 11) is 0. The van der Waals surface area contributed by atoms with Crippen LogP contribution in [0.25, 0.3) is 0 Å². The average Bonchev–Trinajstić information content (AvgIpc) is 2.43. The van der Waals surface area contributed by atoms with Gasteiger partial charge in [-0.15, -0.1) is 0 Å². The van der Waals surface area contributed by atoms with E-state index in [0.29, 0.717) is 24.8 Å². The summed E-state index contributed by atoms with van der Waals surface area (Å²) < 4.78 is 0. The highest BCUT2D eigenvalue weighted by atomic mass is 16.4. The molecule has 0 saturated heterocycles. The molecule has 22 heavy (non-hydrogen) atoms. The molecule has 2 amide bonds. The molecule has 122 valence electrons. The average molecular weight is 306 g/mol. The predicted octanol–water partition coefficient (Wildman–Crippen LogP) is 3.92. The standard InChI is InChI=1S/C17H26N2O3/c1-11(2)13-7-5-8-14(12(3)4)16(13)19-17(22)18-10-6-9-15(20)21/h5,7-8,11-12H,6,9-10H2,1-4H3,(H,20,21)(H2,18,19,22). The molecule has 0 aliphatic rings. The van der Waals surface area contributed by atoms with E-state index in [1.54, 1.807) is 0 Å². The number of hydrogen-bond acceptors (Lipinski definition) is 2. The smallest absolute Gasteiger partial charge is 0.319 e. The van der Waals surface area contributed by atoms with E-state index in [4.69, 9.17) is 5.11 Å². The van der Waals surface area contributed by atoms with Gasteiger partial charge in [-0.3, -0.25) is 4.79 Å². The Hall–Kier alpha value is -2.04. The van der Waals surface area contributed by atoms with Gasteiger partial charge >= 0.3 is 12.0 Å². The van der Waals surface area contributed by atoms with E-state index in [2.05, 4.69) is 38.3 Å². The highest BCUT2D eigenvalue weighted by Crippen LogP contribution is 2.32. The van der Waals surface area contributed by atoms with Gasteiger partial charge < -0.3 is 15.7 Å². The number of carbonyl (C=O) groups excluding carboxylic acids is 1. The summed E-state index contributed by atoms with van der Waals surface area (Å²) in [4.78, 5) is 22.5. The second-order valence-corrected chi connectivity index (χ2v) is 6.00. The van der Waals surface area contributed by atoms with Crippen LogP contribution < -0.4 is 10.6 Å². The number of rotatable bonds is 7. The number of benzene rings is 1. The summed E-state index contributed by atoms with van der Waals surface area (Å²) in [5.41, 5.74) is 3.07. The first-order valence-corrected chi connectivity index (χ1v) is 7.72. The Morgan fingerprint density at radius 3 is 2.09 bits per heavy atom. The van der Waals surface area contributed by atoms with Gasteiger partial charge in [-0.05, 0) is 29.4 Å². The number of aliphatic carboxylic acids is 1. The molecule has 0 spiro atoms. The number of urea groups is 1. The highest BCUT2D eigenvalue weighted by Gasteiger charge is 2.15. The van der Waals surface area contributed by atoms with E-state index >= 15 is 0 Å². The summed E-state index contributed by atoms with van der Waals surface area (Å²) in [6.07, 6.45) is 0.478. The Labute approximate surface area is 132 Å². The summed E-state index contributed by atoms with van der Waals surface area (Å²) in [5, 5.41) is 14.2. The quantitative estimate of drug-likeness (QED) is 0.668. The van der Waals surface area contributed by atoms with Crippen molar-refractivity contribution in [3.8, 4) is 0 Å². The molecule has 1 rings (SSSR count). The molecule has 5 nitrogen and oxygen atoms in total. The largest absolute Gasteiger partial charge is 0.481 e. The molecular weight excluding hydrogens is 280 g/mol. The van der Waals surface area contributed by atoms with Crippen molar-refractivity contribution in [2.45, 2.75) is 52.4 Å². The number of nitrogens with one attached hydrogen (secondary N) is 2. The first-order chi connectivity index (χ1) is 10.3. The first kappa shape index (κ1) is 18.0. The van der Waals surface area contributed by atoms with Crippen LogP contribution in [0.15, 0.2) is 18.2 Å². The molecule has 0 saturated carbocycles. The van der Waals surface area contributed by atoms with Gasteiger partial charge in [0.05, 0.1) is 0 Å². The lowest BCUT2D eigenvalue weighted by molar-refractivity contribution is -0.137. The number of carboxylic acid groups (broad SMARTS) is 1. The van der Waals surface area contributed by atoms with Crippen molar-refractivity contribution in [2.24, 2.45) is 0 Å². The zero-order chi connectivity index (χ0) is 16.7.